The summed E-state index contributed by atoms with van der Waals surface area (Å²) in [5, 5.41) is 0. The zero-order valence-electron chi connectivity index (χ0n) is 10.8. The highest BCUT2D eigenvalue weighted by Crippen LogP contribution is 2.26. The number of hydrogen-bond acceptors (Lipinski definition) is 2. The van der Waals surface area contributed by atoms with Crippen LogP contribution in [0.5, 0.6) is 0 Å². The van der Waals surface area contributed by atoms with Gasteiger partial charge in [-0.15, -0.1) is 0 Å². The fourth-order valence-corrected chi connectivity index (χ4v) is 2.45. The van der Waals surface area contributed by atoms with E-state index in [1.54, 1.807) is 6.08 Å². The predicted molar refractivity (Wildman–Crippen MR) is 64.1 cm³/mol. The van der Waals surface area contributed by atoms with E-state index < -0.39 is 20.4 Å². The second kappa shape index (κ2) is 5.34. The van der Waals surface area contributed by atoms with E-state index in [0.717, 1.165) is 11.3 Å². The summed E-state index contributed by atoms with van der Waals surface area (Å²) in [4.78, 5) is 12.1. The van der Waals surface area contributed by atoms with E-state index in [0.29, 0.717) is 12.8 Å². The second-order valence-electron chi connectivity index (χ2n) is 5.21. The van der Waals surface area contributed by atoms with Crippen molar-refractivity contribution in [1.29, 1.82) is 0 Å². The first-order valence-corrected chi connectivity index (χ1v) is 9.30. The van der Waals surface area contributed by atoms with Crippen LogP contribution in [0.15, 0.2) is 12.0 Å². The number of allylic oxidation sites excluding steroid dienone is 1. The van der Waals surface area contributed by atoms with Crippen LogP contribution >= 0.6 is 0 Å². The highest BCUT2D eigenvalue weighted by molar-refractivity contribution is 6.70. The molecule has 0 saturated carbocycles. The highest BCUT2D eigenvalue weighted by atomic mass is 28.4. The van der Waals surface area contributed by atoms with Gasteiger partial charge in [-0.1, -0.05) is 0 Å². The van der Waals surface area contributed by atoms with Crippen molar-refractivity contribution in [3.63, 3.8) is 0 Å². The summed E-state index contributed by atoms with van der Waals surface area (Å²) in [6.45, 7) is 5.67. The summed E-state index contributed by atoms with van der Waals surface area (Å²) >= 11 is 0. The van der Waals surface area contributed by atoms with Gasteiger partial charge < -0.3 is 4.43 Å². The van der Waals surface area contributed by atoms with Crippen molar-refractivity contribution in [2.75, 3.05) is 6.54 Å². The molecule has 0 aromatic rings. The van der Waals surface area contributed by atoms with Crippen LogP contribution in [0.2, 0.25) is 19.6 Å². The monoisotopic (exact) mass is 281 g/mol. The van der Waals surface area contributed by atoms with Crippen LogP contribution in [0.4, 0.5) is 13.2 Å². The van der Waals surface area contributed by atoms with E-state index >= 15 is 0 Å². The van der Waals surface area contributed by atoms with Gasteiger partial charge in [0, 0.05) is 6.54 Å². The first-order valence-electron chi connectivity index (χ1n) is 5.89. The maximum atomic E-state index is 12.5. The molecule has 1 aliphatic rings. The number of hydrogen-bond donors (Lipinski definition) is 0. The van der Waals surface area contributed by atoms with Gasteiger partial charge in [-0.25, -0.2) is 0 Å². The lowest BCUT2D eigenvalue weighted by Crippen LogP contribution is -2.43. The van der Waals surface area contributed by atoms with E-state index in [4.69, 9.17) is 4.43 Å². The molecule has 1 amide bonds. The van der Waals surface area contributed by atoms with Crippen molar-refractivity contribution in [2.24, 2.45) is 0 Å². The van der Waals surface area contributed by atoms with E-state index in [2.05, 4.69) is 0 Å². The lowest BCUT2D eigenvalue weighted by atomic mass is 10.2. The predicted octanol–water partition coefficient (Wildman–Crippen LogP) is 3.25. The summed E-state index contributed by atoms with van der Waals surface area (Å²) in [5.41, 5.74) is 0. The number of carbonyl (C=O) groups is 1. The molecule has 0 saturated heterocycles. The molecular formula is C11H18F3NO2Si. The molecule has 0 aliphatic carbocycles. The Bertz CT molecular complexity index is 347. The zero-order chi connectivity index (χ0) is 14.0. The van der Waals surface area contributed by atoms with Gasteiger partial charge in [0.05, 0.1) is 0 Å². The number of rotatable bonds is 2. The normalized spacial score (nSPS) is 18.1. The molecule has 1 heterocycles. The molecule has 104 valence electrons. The van der Waals surface area contributed by atoms with E-state index in [-0.39, 0.29) is 12.4 Å². The molecule has 0 aromatic carbocycles. The maximum absolute atomic E-state index is 12.5. The minimum Gasteiger partial charge on any atom is -0.533 e. The number of alkyl halides is 3. The fourth-order valence-electron chi connectivity index (χ4n) is 1.63. The van der Waals surface area contributed by atoms with E-state index in [9.17, 15) is 18.0 Å². The van der Waals surface area contributed by atoms with Crippen LogP contribution in [0.25, 0.3) is 0 Å². The Balaban J connectivity index is 2.94. The average molecular weight is 281 g/mol. The first kappa shape index (κ1) is 15.1. The fraction of sp³-hybridized carbons (Fsp3) is 0.727. The lowest BCUT2D eigenvalue weighted by molar-refractivity contribution is -0.185. The number of nitrogens with zero attached hydrogens (tertiary/aromatic N) is 1. The molecule has 0 N–H and O–H groups in total. The van der Waals surface area contributed by atoms with Crippen LogP contribution in [0.3, 0.4) is 0 Å². The molecule has 1 rings (SSSR count). The van der Waals surface area contributed by atoms with Crippen molar-refractivity contribution in [2.45, 2.75) is 45.1 Å². The minimum atomic E-state index is -4.85. The van der Waals surface area contributed by atoms with Gasteiger partial charge in [0.2, 0.25) is 8.32 Å². The summed E-state index contributed by atoms with van der Waals surface area (Å²) in [7, 11) is -2.04. The van der Waals surface area contributed by atoms with Crippen LogP contribution < -0.4 is 0 Å². The molecule has 7 heteroatoms. The third-order valence-electron chi connectivity index (χ3n) is 2.32. The Hall–Kier alpha value is -0.983. The van der Waals surface area contributed by atoms with Gasteiger partial charge in [-0.2, -0.15) is 13.2 Å². The summed E-state index contributed by atoms with van der Waals surface area (Å²) < 4.78 is 43.1. The number of carbonyl (C=O) groups excluding carboxylic acids is 1. The van der Waals surface area contributed by atoms with Gasteiger partial charge in [-0.3, -0.25) is 9.69 Å². The Morgan fingerprint density at radius 3 is 2.44 bits per heavy atom. The molecule has 0 aromatic heterocycles. The van der Waals surface area contributed by atoms with Gasteiger partial charge in [0.25, 0.3) is 0 Å². The summed E-state index contributed by atoms with van der Waals surface area (Å²) in [6, 6.07) is 0. The van der Waals surface area contributed by atoms with E-state index in [1.807, 2.05) is 19.6 Å². The van der Waals surface area contributed by atoms with Crippen molar-refractivity contribution in [3.05, 3.63) is 12.0 Å². The lowest BCUT2D eigenvalue weighted by Gasteiger charge is -2.30. The summed E-state index contributed by atoms with van der Waals surface area (Å²) in [6.07, 6.45) is -1.31. The molecule has 1 aliphatic heterocycles. The Labute approximate surface area is 106 Å². The third kappa shape index (κ3) is 4.36. The van der Waals surface area contributed by atoms with Gasteiger partial charge in [-0.05, 0) is 45.0 Å². The van der Waals surface area contributed by atoms with E-state index in [1.165, 1.54) is 0 Å². The Morgan fingerprint density at radius 2 is 1.94 bits per heavy atom. The molecule has 0 fully saturated rings. The van der Waals surface area contributed by atoms with Crippen LogP contribution in [-0.4, -0.2) is 31.8 Å². The smallest absolute Gasteiger partial charge is 0.471 e. The van der Waals surface area contributed by atoms with Crippen LogP contribution in [-0.2, 0) is 9.22 Å². The molecule has 0 bridgehead atoms. The van der Waals surface area contributed by atoms with Crippen LogP contribution in [0.1, 0.15) is 19.3 Å². The largest absolute Gasteiger partial charge is 0.533 e. The second-order valence-corrected chi connectivity index (χ2v) is 9.64. The number of amides is 1. The minimum absolute atomic E-state index is 0.0641. The maximum Gasteiger partial charge on any atom is 0.471 e. The SMILES string of the molecule is C[Si](C)(C)OC1=CCCCCN1C(=O)C(F)(F)F. The van der Waals surface area contributed by atoms with Crippen molar-refractivity contribution >= 4 is 14.2 Å². The van der Waals surface area contributed by atoms with Crippen molar-refractivity contribution in [3.8, 4) is 0 Å². The average Bonchev–Trinajstić information content (AvgIpc) is 2.38. The molecule has 0 spiro atoms. The quantitative estimate of drug-likeness (QED) is 0.727. The van der Waals surface area contributed by atoms with Crippen molar-refractivity contribution in [1.82, 2.24) is 4.90 Å². The molecule has 0 radical (unpaired) electrons. The van der Waals surface area contributed by atoms with Gasteiger partial charge >= 0.3 is 12.1 Å². The topological polar surface area (TPSA) is 29.5 Å². The molecule has 0 atom stereocenters. The Kier molecular flexibility index (Phi) is 4.47. The number of halogens is 3. The van der Waals surface area contributed by atoms with Crippen LogP contribution in [0, 0.1) is 0 Å². The standard InChI is InChI=1S/C11H18F3NO2Si/c1-18(2,3)17-9-7-5-4-6-8-15(9)10(16)11(12,13)14/h7H,4-6,8H2,1-3H3. The molecular weight excluding hydrogens is 263 g/mol. The third-order valence-corrected chi connectivity index (χ3v) is 3.14. The Morgan fingerprint density at radius 1 is 1.33 bits per heavy atom. The van der Waals surface area contributed by atoms with Gasteiger partial charge in [0.15, 0.2) is 5.88 Å². The highest BCUT2D eigenvalue weighted by Gasteiger charge is 2.44. The molecule has 3 nitrogen and oxygen atoms in total. The molecule has 18 heavy (non-hydrogen) atoms. The van der Waals surface area contributed by atoms with Crippen molar-refractivity contribution < 1.29 is 22.4 Å². The zero-order valence-corrected chi connectivity index (χ0v) is 11.8. The van der Waals surface area contributed by atoms with Gasteiger partial charge in [0.1, 0.15) is 0 Å². The summed E-state index contributed by atoms with van der Waals surface area (Å²) in [5.74, 6) is -1.76. The molecule has 0 unspecified atom stereocenters. The first-order chi connectivity index (χ1) is 8.11.